The van der Waals surface area contributed by atoms with Crippen LogP contribution in [0.5, 0.6) is 0 Å². The fraction of sp³-hybridized carbons (Fsp3) is 0.500. The molecule has 1 N–H and O–H groups in total. The summed E-state index contributed by atoms with van der Waals surface area (Å²) in [5.74, 6) is 0. The summed E-state index contributed by atoms with van der Waals surface area (Å²) < 4.78 is 6.37. The van der Waals surface area contributed by atoms with Crippen LogP contribution in [0.2, 0.25) is 0 Å². The summed E-state index contributed by atoms with van der Waals surface area (Å²) in [6.45, 7) is 3.43. The van der Waals surface area contributed by atoms with Gasteiger partial charge in [0.2, 0.25) is 0 Å². The van der Waals surface area contributed by atoms with Crippen molar-refractivity contribution in [3.63, 3.8) is 0 Å². The van der Waals surface area contributed by atoms with E-state index in [-0.39, 0.29) is 12.6 Å². The van der Waals surface area contributed by atoms with Gasteiger partial charge in [-0.2, -0.15) is 0 Å². The Morgan fingerprint density at radius 1 is 1.38 bits per heavy atom. The largest absolute Gasteiger partial charge is 0.394 e. The van der Waals surface area contributed by atoms with E-state index >= 15 is 0 Å². The summed E-state index contributed by atoms with van der Waals surface area (Å²) in [6.07, 6.45) is 0. The first-order valence-electron chi connectivity index (χ1n) is 5.49. The van der Waals surface area contributed by atoms with Gasteiger partial charge in [0.1, 0.15) is 0 Å². The maximum atomic E-state index is 9.52. The average molecular weight is 286 g/mol. The highest BCUT2D eigenvalue weighted by Gasteiger charge is 2.21. The molecule has 1 aliphatic rings. The minimum atomic E-state index is 0.0846. The van der Waals surface area contributed by atoms with Gasteiger partial charge in [-0.25, -0.2) is 0 Å². The summed E-state index contributed by atoms with van der Waals surface area (Å²) >= 11 is 3.46. The van der Waals surface area contributed by atoms with E-state index < -0.39 is 0 Å². The number of halogens is 1. The van der Waals surface area contributed by atoms with Gasteiger partial charge >= 0.3 is 0 Å². The molecule has 1 aromatic carbocycles. The maximum Gasteiger partial charge on any atom is 0.0628 e. The second-order valence-electron chi connectivity index (χ2n) is 3.90. The monoisotopic (exact) mass is 285 g/mol. The van der Waals surface area contributed by atoms with Crippen LogP contribution in [0.25, 0.3) is 0 Å². The van der Waals surface area contributed by atoms with Gasteiger partial charge in [0, 0.05) is 17.6 Å². The van der Waals surface area contributed by atoms with Crippen LogP contribution in [-0.2, 0) is 4.74 Å². The molecule has 2 rings (SSSR count). The predicted molar refractivity (Wildman–Crippen MR) is 66.4 cm³/mol. The highest BCUT2D eigenvalue weighted by atomic mass is 79.9. The van der Waals surface area contributed by atoms with Crippen LogP contribution >= 0.6 is 15.9 Å². The molecule has 16 heavy (non-hydrogen) atoms. The van der Waals surface area contributed by atoms with Gasteiger partial charge < -0.3 is 9.84 Å². The molecule has 0 radical (unpaired) electrons. The van der Waals surface area contributed by atoms with Gasteiger partial charge in [0.05, 0.1) is 25.9 Å². The fourth-order valence-corrected chi connectivity index (χ4v) is 2.45. The molecule has 1 atom stereocenters. The molecule has 1 aromatic rings. The first-order valence-corrected chi connectivity index (χ1v) is 6.28. The van der Waals surface area contributed by atoms with E-state index in [9.17, 15) is 5.11 Å². The van der Waals surface area contributed by atoms with Crippen molar-refractivity contribution >= 4 is 15.9 Å². The molecule has 0 spiro atoms. The molecular weight excluding hydrogens is 270 g/mol. The van der Waals surface area contributed by atoms with Crippen molar-refractivity contribution in [3.8, 4) is 0 Å². The molecule has 0 amide bonds. The Morgan fingerprint density at radius 3 is 2.75 bits per heavy atom. The molecule has 1 saturated heterocycles. The molecule has 0 aliphatic carbocycles. The molecule has 1 aliphatic heterocycles. The topological polar surface area (TPSA) is 32.7 Å². The number of ether oxygens (including phenoxy) is 1. The van der Waals surface area contributed by atoms with E-state index in [1.165, 1.54) is 0 Å². The van der Waals surface area contributed by atoms with Crippen molar-refractivity contribution in [2.24, 2.45) is 0 Å². The van der Waals surface area contributed by atoms with Crippen LogP contribution in [0.1, 0.15) is 11.6 Å². The van der Waals surface area contributed by atoms with Crippen LogP contribution in [0, 0.1) is 0 Å². The minimum absolute atomic E-state index is 0.0846. The number of aliphatic hydroxyl groups excluding tert-OH is 1. The molecular formula is C12H16BrNO2. The Morgan fingerprint density at radius 2 is 2.12 bits per heavy atom. The summed E-state index contributed by atoms with van der Waals surface area (Å²) in [5, 5.41) is 9.52. The van der Waals surface area contributed by atoms with E-state index in [0.29, 0.717) is 0 Å². The lowest BCUT2D eigenvalue weighted by Gasteiger charge is -2.33. The van der Waals surface area contributed by atoms with Gasteiger partial charge in [-0.05, 0) is 17.7 Å². The third-order valence-electron chi connectivity index (χ3n) is 2.89. The SMILES string of the molecule is OCC(c1cccc(Br)c1)N1CCOCC1. The van der Waals surface area contributed by atoms with Crippen molar-refractivity contribution < 1.29 is 9.84 Å². The third kappa shape index (κ3) is 2.83. The number of hydrogen-bond acceptors (Lipinski definition) is 3. The maximum absolute atomic E-state index is 9.52. The number of morpholine rings is 1. The van der Waals surface area contributed by atoms with Gasteiger partial charge in [0.25, 0.3) is 0 Å². The molecule has 4 heteroatoms. The van der Waals surface area contributed by atoms with Gasteiger partial charge in [0.15, 0.2) is 0 Å². The second kappa shape index (κ2) is 5.77. The Kier molecular flexibility index (Phi) is 4.35. The molecule has 1 heterocycles. The second-order valence-corrected chi connectivity index (χ2v) is 4.82. The van der Waals surface area contributed by atoms with E-state index in [4.69, 9.17) is 4.74 Å². The lowest BCUT2D eigenvalue weighted by molar-refractivity contribution is 0.00258. The average Bonchev–Trinajstić information content (AvgIpc) is 2.31. The summed E-state index contributed by atoms with van der Waals surface area (Å²) in [4.78, 5) is 2.27. The highest BCUT2D eigenvalue weighted by Crippen LogP contribution is 2.23. The molecule has 0 saturated carbocycles. The summed E-state index contributed by atoms with van der Waals surface area (Å²) in [7, 11) is 0. The smallest absolute Gasteiger partial charge is 0.0628 e. The molecule has 0 aromatic heterocycles. The zero-order valence-corrected chi connectivity index (χ0v) is 10.7. The zero-order chi connectivity index (χ0) is 11.4. The first-order chi connectivity index (χ1) is 7.81. The minimum Gasteiger partial charge on any atom is -0.394 e. The predicted octanol–water partition coefficient (Wildman–Crippen LogP) is 1.81. The summed E-state index contributed by atoms with van der Waals surface area (Å²) in [6, 6.07) is 8.21. The molecule has 88 valence electrons. The number of rotatable bonds is 3. The number of aliphatic hydroxyl groups is 1. The third-order valence-corrected chi connectivity index (χ3v) is 3.39. The summed E-state index contributed by atoms with van der Waals surface area (Å²) in [5.41, 5.74) is 1.15. The van der Waals surface area contributed by atoms with Crippen molar-refractivity contribution in [1.82, 2.24) is 4.90 Å². The van der Waals surface area contributed by atoms with Gasteiger partial charge in [-0.15, -0.1) is 0 Å². The van der Waals surface area contributed by atoms with Crippen LogP contribution in [0.15, 0.2) is 28.7 Å². The number of nitrogens with zero attached hydrogens (tertiary/aromatic N) is 1. The van der Waals surface area contributed by atoms with Crippen LogP contribution in [0.4, 0.5) is 0 Å². The highest BCUT2D eigenvalue weighted by molar-refractivity contribution is 9.10. The van der Waals surface area contributed by atoms with E-state index in [2.05, 4.69) is 33.0 Å². The Bertz CT molecular complexity index is 340. The quantitative estimate of drug-likeness (QED) is 0.920. The number of hydrogen-bond donors (Lipinski definition) is 1. The Hall–Kier alpha value is -0.420. The van der Waals surface area contributed by atoms with E-state index in [0.717, 1.165) is 36.3 Å². The Labute approximate surface area is 104 Å². The van der Waals surface area contributed by atoms with Crippen LogP contribution < -0.4 is 0 Å². The van der Waals surface area contributed by atoms with Crippen molar-refractivity contribution in [2.45, 2.75) is 6.04 Å². The molecule has 1 unspecified atom stereocenters. The lowest BCUT2D eigenvalue weighted by Crippen LogP contribution is -2.40. The van der Waals surface area contributed by atoms with E-state index in [1.807, 2.05) is 12.1 Å². The van der Waals surface area contributed by atoms with Gasteiger partial charge in [-0.3, -0.25) is 4.90 Å². The van der Waals surface area contributed by atoms with Crippen LogP contribution in [0.3, 0.4) is 0 Å². The van der Waals surface area contributed by atoms with Crippen molar-refractivity contribution in [1.29, 1.82) is 0 Å². The van der Waals surface area contributed by atoms with E-state index in [1.54, 1.807) is 0 Å². The molecule has 3 nitrogen and oxygen atoms in total. The van der Waals surface area contributed by atoms with Gasteiger partial charge in [-0.1, -0.05) is 28.1 Å². The zero-order valence-electron chi connectivity index (χ0n) is 9.10. The Balaban J connectivity index is 2.14. The molecule has 1 fully saturated rings. The molecule has 0 bridgehead atoms. The van der Waals surface area contributed by atoms with Crippen molar-refractivity contribution in [2.75, 3.05) is 32.9 Å². The normalized spacial score (nSPS) is 19.6. The van der Waals surface area contributed by atoms with Crippen molar-refractivity contribution in [3.05, 3.63) is 34.3 Å². The van der Waals surface area contributed by atoms with Crippen LogP contribution in [-0.4, -0.2) is 42.9 Å². The first kappa shape index (κ1) is 12.0. The lowest BCUT2D eigenvalue weighted by atomic mass is 10.1. The fourth-order valence-electron chi connectivity index (χ4n) is 2.03. The standard InChI is InChI=1S/C12H16BrNO2/c13-11-3-1-2-10(8-11)12(9-15)14-4-6-16-7-5-14/h1-3,8,12,15H,4-7,9H2. The number of benzene rings is 1.